The number of nitrogens with zero attached hydrogens (tertiary/aromatic N) is 3. The predicted octanol–water partition coefficient (Wildman–Crippen LogP) is 1.75. The van der Waals surface area contributed by atoms with Crippen LogP contribution in [0.3, 0.4) is 0 Å². The summed E-state index contributed by atoms with van der Waals surface area (Å²) in [6.07, 6.45) is 3.20. The highest BCUT2D eigenvalue weighted by Crippen LogP contribution is 2.34. The van der Waals surface area contributed by atoms with Crippen molar-refractivity contribution in [2.24, 2.45) is 0 Å². The van der Waals surface area contributed by atoms with Gasteiger partial charge in [0.05, 0.1) is 0 Å². The summed E-state index contributed by atoms with van der Waals surface area (Å²) in [5.41, 5.74) is 0. The zero-order valence-corrected chi connectivity index (χ0v) is 10.0. The van der Waals surface area contributed by atoms with Crippen LogP contribution in [-0.2, 0) is 0 Å². The van der Waals surface area contributed by atoms with Gasteiger partial charge in [0.15, 0.2) is 0 Å². The predicted molar refractivity (Wildman–Crippen MR) is 65.6 cm³/mol. The molecule has 86 valence electrons. The first-order valence-corrected chi connectivity index (χ1v) is 6.19. The lowest BCUT2D eigenvalue weighted by molar-refractivity contribution is 0.191. The molecule has 0 aromatic carbocycles. The van der Waals surface area contributed by atoms with E-state index in [0.29, 0.717) is 12.1 Å². The zero-order chi connectivity index (χ0) is 11.1. The molecule has 16 heavy (non-hydrogen) atoms. The van der Waals surface area contributed by atoms with Crippen molar-refractivity contribution in [2.75, 3.05) is 18.0 Å². The normalized spacial score (nSPS) is 29.3. The average Bonchev–Trinajstić information content (AvgIpc) is 2.89. The van der Waals surface area contributed by atoms with Crippen molar-refractivity contribution in [3.63, 3.8) is 0 Å². The molecule has 2 bridgehead atoms. The third-order valence-corrected chi connectivity index (χ3v) is 3.89. The van der Waals surface area contributed by atoms with Gasteiger partial charge in [0.25, 0.3) is 0 Å². The minimum absolute atomic E-state index is 0.681. The van der Waals surface area contributed by atoms with Gasteiger partial charge < -0.3 is 4.90 Å². The highest BCUT2D eigenvalue weighted by Gasteiger charge is 2.44. The van der Waals surface area contributed by atoms with Gasteiger partial charge in [0, 0.05) is 37.4 Å². The van der Waals surface area contributed by atoms with Crippen LogP contribution < -0.4 is 4.90 Å². The first-order chi connectivity index (χ1) is 7.75. The maximum atomic E-state index is 4.46. The largest absolute Gasteiger partial charge is 0.351 e. The molecular weight excluding hydrogens is 198 g/mol. The molecule has 3 heterocycles. The van der Waals surface area contributed by atoms with Gasteiger partial charge in [-0.05, 0) is 32.4 Å². The van der Waals surface area contributed by atoms with Crippen molar-refractivity contribution in [1.29, 1.82) is 0 Å². The molecule has 3 heteroatoms. The van der Waals surface area contributed by atoms with Crippen LogP contribution >= 0.6 is 0 Å². The van der Waals surface area contributed by atoms with E-state index in [1.165, 1.54) is 13.0 Å². The summed E-state index contributed by atoms with van der Waals surface area (Å²) >= 11 is 0. The van der Waals surface area contributed by atoms with Crippen molar-refractivity contribution < 1.29 is 0 Å². The van der Waals surface area contributed by atoms with Crippen LogP contribution in [0.25, 0.3) is 0 Å². The lowest BCUT2D eigenvalue weighted by atomic mass is 10.2. The number of rotatable bonds is 2. The Morgan fingerprint density at radius 2 is 2.12 bits per heavy atom. The third-order valence-electron chi connectivity index (χ3n) is 3.89. The summed E-state index contributed by atoms with van der Waals surface area (Å²) in [6, 6.07) is 8.29. The van der Waals surface area contributed by atoms with Crippen molar-refractivity contribution in [1.82, 2.24) is 9.88 Å². The third kappa shape index (κ3) is 1.50. The van der Waals surface area contributed by atoms with Gasteiger partial charge in [-0.3, -0.25) is 4.90 Å². The van der Waals surface area contributed by atoms with Crippen molar-refractivity contribution in [3.05, 3.63) is 24.4 Å². The Hall–Kier alpha value is -1.09. The minimum Gasteiger partial charge on any atom is -0.351 e. The molecule has 3 nitrogen and oxygen atoms in total. The van der Waals surface area contributed by atoms with Gasteiger partial charge in [-0.15, -0.1) is 0 Å². The van der Waals surface area contributed by atoms with E-state index in [9.17, 15) is 0 Å². The number of aromatic nitrogens is 1. The number of likely N-dealkylation sites (tertiary alicyclic amines) is 1. The first kappa shape index (κ1) is 10.1. The second-order valence-electron chi connectivity index (χ2n) is 5.17. The van der Waals surface area contributed by atoms with E-state index in [-0.39, 0.29) is 0 Å². The molecular formula is C13H19N3. The monoisotopic (exact) mass is 217 g/mol. The smallest absolute Gasteiger partial charge is 0.128 e. The van der Waals surface area contributed by atoms with Crippen LogP contribution in [-0.4, -0.2) is 41.1 Å². The van der Waals surface area contributed by atoms with E-state index in [0.717, 1.165) is 18.4 Å². The van der Waals surface area contributed by atoms with Gasteiger partial charge >= 0.3 is 0 Å². The van der Waals surface area contributed by atoms with Crippen LogP contribution in [0.4, 0.5) is 5.82 Å². The SMILES string of the molecule is CC(C)N1C[C@@H]2C[C@H]1CN2c1ccccn1. The topological polar surface area (TPSA) is 19.4 Å². The van der Waals surface area contributed by atoms with Crippen molar-refractivity contribution in [3.8, 4) is 0 Å². The number of fused-ring (bicyclic) bond motifs is 2. The van der Waals surface area contributed by atoms with Gasteiger partial charge in [-0.1, -0.05) is 6.07 Å². The number of piperazine rings is 1. The average molecular weight is 217 g/mol. The Balaban J connectivity index is 1.76. The molecule has 2 aliphatic heterocycles. The molecule has 0 unspecified atom stereocenters. The molecule has 0 saturated carbocycles. The van der Waals surface area contributed by atoms with E-state index in [1.807, 2.05) is 12.3 Å². The zero-order valence-electron chi connectivity index (χ0n) is 10.0. The fourth-order valence-corrected chi connectivity index (χ4v) is 3.13. The molecule has 2 fully saturated rings. The molecule has 2 atom stereocenters. The Labute approximate surface area is 97.1 Å². The Kier molecular flexibility index (Phi) is 2.36. The molecule has 0 radical (unpaired) electrons. The maximum Gasteiger partial charge on any atom is 0.128 e. The molecule has 0 spiro atoms. The number of pyridine rings is 1. The Morgan fingerprint density at radius 3 is 2.69 bits per heavy atom. The van der Waals surface area contributed by atoms with Gasteiger partial charge in [-0.25, -0.2) is 4.98 Å². The molecule has 2 aliphatic rings. The lowest BCUT2D eigenvalue weighted by Gasteiger charge is -2.37. The summed E-state index contributed by atoms with van der Waals surface area (Å²) in [4.78, 5) is 9.56. The Morgan fingerprint density at radius 1 is 1.25 bits per heavy atom. The van der Waals surface area contributed by atoms with E-state index >= 15 is 0 Å². The van der Waals surface area contributed by atoms with Crippen molar-refractivity contribution >= 4 is 5.82 Å². The van der Waals surface area contributed by atoms with Crippen LogP contribution in [0, 0.1) is 0 Å². The highest BCUT2D eigenvalue weighted by atomic mass is 15.4. The maximum absolute atomic E-state index is 4.46. The molecule has 2 saturated heterocycles. The van der Waals surface area contributed by atoms with Crippen LogP contribution in [0.15, 0.2) is 24.4 Å². The number of anilines is 1. The lowest BCUT2D eigenvalue weighted by Crippen LogP contribution is -2.49. The fraction of sp³-hybridized carbons (Fsp3) is 0.615. The summed E-state index contributed by atoms with van der Waals surface area (Å²) < 4.78 is 0. The summed E-state index contributed by atoms with van der Waals surface area (Å²) in [7, 11) is 0. The van der Waals surface area contributed by atoms with E-state index in [1.54, 1.807) is 0 Å². The molecule has 0 amide bonds. The molecule has 1 aromatic rings. The summed E-state index contributed by atoms with van der Waals surface area (Å²) in [6.45, 7) is 6.95. The Bertz CT molecular complexity index is 363. The first-order valence-electron chi connectivity index (χ1n) is 6.19. The molecule has 0 aliphatic carbocycles. The second-order valence-corrected chi connectivity index (χ2v) is 5.17. The fourth-order valence-electron chi connectivity index (χ4n) is 3.13. The molecule has 0 N–H and O–H groups in total. The highest BCUT2D eigenvalue weighted by molar-refractivity contribution is 5.43. The van der Waals surface area contributed by atoms with Gasteiger partial charge in [0.2, 0.25) is 0 Å². The summed E-state index contributed by atoms with van der Waals surface area (Å²) in [5.74, 6) is 1.15. The van der Waals surface area contributed by atoms with E-state index in [2.05, 4.69) is 40.8 Å². The van der Waals surface area contributed by atoms with E-state index in [4.69, 9.17) is 0 Å². The number of hydrogen-bond donors (Lipinski definition) is 0. The number of hydrogen-bond acceptors (Lipinski definition) is 3. The van der Waals surface area contributed by atoms with Crippen molar-refractivity contribution in [2.45, 2.75) is 38.4 Å². The standard InChI is InChI=1S/C13H19N3/c1-10(2)15-8-12-7-11(15)9-16(12)13-5-3-4-6-14-13/h3-6,10-12H,7-9H2,1-2H3/t11-,12-/m0/s1. The second kappa shape index (κ2) is 3.74. The van der Waals surface area contributed by atoms with Gasteiger partial charge in [-0.2, -0.15) is 0 Å². The van der Waals surface area contributed by atoms with Crippen LogP contribution in [0.2, 0.25) is 0 Å². The quantitative estimate of drug-likeness (QED) is 0.752. The minimum atomic E-state index is 0.681. The van der Waals surface area contributed by atoms with Gasteiger partial charge in [0.1, 0.15) is 5.82 Å². The molecule has 1 aromatic heterocycles. The molecule has 3 rings (SSSR count). The van der Waals surface area contributed by atoms with Crippen LogP contribution in [0.1, 0.15) is 20.3 Å². The van der Waals surface area contributed by atoms with E-state index < -0.39 is 0 Å². The van der Waals surface area contributed by atoms with Crippen LogP contribution in [0.5, 0.6) is 0 Å². The summed E-state index contributed by atoms with van der Waals surface area (Å²) in [5, 5.41) is 0.